The van der Waals surface area contributed by atoms with E-state index in [-0.39, 0.29) is 5.56 Å². The Hall–Kier alpha value is -2.57. The monoisotopic (exact) mass is 382 g/mol. The molecule has 26 heavy (non-hydrogen) atoms. The van der Waals surface area contributed by atoms with Crippen LogP contribution in [0.25, 0.3) is 5.65 Å². The van der Waals surface area contributed by atoms with Crippen LogP contribution in [0.5, 0.6) is 0 Å². The van der Waals surface area contributed by atoms with Crippen LogP contribution in [0.4, 0.5) is 0 Å². The Balaban J connectivity index is 1.53. The van der Waals surface area contributed by atoms with E-state index >= 15 is 0 Å². The van der Waals surface area contributed by atoms with Crippen LogP contribution in [0.3, 0.4) is 0 Å². The first-order valence-corrected chi connectivity index (χ1v) is 9.41. The molecule has 0 saturated carbocycles. The molecule has 4 rings (SSSR count). The van der Waals surface area contributed by atoms with Crippen LogP contribution < -0.4 is 5.56 Å². The van der Waals surface area contributed by atoms with E-state index in [2.05, 4.69) is 26.7 Å². The molecule has 3 heterocycles. The van der Waals surface area contributed by atoms with Crippen molar-refractivity contribution in [2.24, 2.45) is 0 Å². The second-order valence-electron chi connectivity index (χ2n) is 5.77. The zero-order valence-corrected chi connectivity index (χ0v) is 15.3. The van der Waals surface area contributed by atoms with Crippen LogP contribution in [-0.4, -0.2) is 18.9 Å². The first-order chi connectivity index (χ1) is 12.7. The minimum absolute atomic E-state index is 0.138. The molecule has 0 atom stereocenters. The number of pyridine rings is 1. The van der Waals surface area contributed by atoms with Crippen molar-refractivity contribution in [3.8, 4) is 0 Å². The van der Waals surface area contributed by atoms with Crippen molar-refractivity contribution in [3.63, 3.8) is 0 Å². The van der Waals surface area contributed by atoms with Crippen molar-refractivity contribution < 1.29 is 0 Å². The summed E-state index contributed by atoms with van der Waals surface area (Å²) in [7, 11) is 0. The van der Waals surface area contributed by atoms with Gasteiger partial charge in [-0.15, -0.1) is 0 Å². The van der Waals surface area contributed by atoms with Gasteiger partial charge in [-0.2, -0.15) is 0 Å². The van der Waals surface area contributed by atoms with Crippen molar-refractivity contribution in [3.05, 3.63) is 93.8 Å². The highest BCUT2D eigenvalue weighted by molar-refractivity contribution is 7.98. The fraction of sp³-hybridized carbons (Fsp3) is 0.105. The number of imidazole rings is 1. The number of aromatic nitrogens is 4. The highest BCUT2D eigenvalue weighted by Gasteiger charge is 2.08. The number of hydrogen-bond donors (Lipinski definition) is 0. The van der Waals surface area contributed by atoms with E-state index in [1.54, 1.807) is 42.4 Å². The summed E-state index contributed by atoms with van der Waals surface area (Å²) >= 11 is 7.50. The molecule has 1 aromatic carbocycles. The molecule has 5 nitrogen and oxygen atoms in total. The number of halogens is 1. The molecule has 7 heteroatoms. The zero-order valence-electron chi connectivity index (χ0n) is 13.7. The molecule has 0 radical (unpaired) electrons. The molecule has 4 aromatic rings. The molecular weight excluding hydrogens is 368 g/mol. The molecule has 0 fully saturated rings. The number of hydrogen-bond acceptors (Lipinski definition) is 4. The van der Waals surface area contributed by atoms with Gasteiger partial charge in [-0.1, -0.05) is 53.7 Å². The number of fused-ring (bicyclic) bond motifs is 1. The fourth-order valence-corrected chi connectivity index (χ4v) is 3.69. The van der Waals surface area contributed by atoms with Crippen LogP contribution >= 0.6 is 23.4 Å². The van der Waals surface area contributed by atoms with Gasteiger partial charge in [0.25, 0.3) is 5.56 Å². The molecular formula is C19H15ClN4OS. The van der Waals surface area contributed by atoms with E-state index in [1.165, 1.54) is 9.96 Å². The lowest BCUT2D eigenvalue weighted by Gasteiger charge is -2.08. The molecule has 0 unspecified atom stereocenters. The van der Waals surface area contributed by atoms with Gasteiger partial charge < -0.3 is 4.57 Å². The average molecular weight is 383 g/mol. The summed E-state index contributed by atoms with van der Waals surface area (Å²) in [6, 6.07) is 15.2. The smallest absolute Gasteiger partial charge is 0.258 e. The van der Waals surface area contributed by atoms with E-state index in [4.69, 9.17) is 11.6 Å². The van der Waals surface area contributed by atoms with E-state index < -0.39 is 0 Å². The van der Waals surface area contributed by atoms with Gasteiger partial charge in [-0.25, -0.2) is 9.97 Å². The minimum atomic E-state index is -0.138. The number of rotatable bonds is 5. The Morgan fingerprint density at radius 1 is 1.12 bits per heavy atom. The third kappa shape index (κ3) is 3.66. The Morgan fingerprint density at radius 2 is 1.96 bits per heavy atom. The van der Waals surface area contributed by atoms with Crippen molar-refractivity contribution >= 4 is 29.0 Å². The maximum absolute atomic E-state index is 12.3. The Bertz CT molecular complexity index is 1110. The van der Waals surface area contributed by atoms with Crippen LogP contribution in [0.1, 0.15) is 11.3 Å². The summed E-state index contributed by atoms with van der Waals surface area (Å²) in [4.78, 5) is 21.2. The maximum atomic E-state index is 12.3. The van der Waals surface area contributed by atoms with Crippen molar-refractivity contribution in [2.45, 2.75) is 17.5 Å². The van der Waals surface area contributed by atoms with Crippen LogP contribution in [0.15, 0.2) is 77.1 Å². The van der Waals surface area contributed by atoms with Gasteiger partial charge in [0, 0.05) is 37.0 Å². The molecule has 0 aliphatic heterocycles. The van der Waals surface area contributed by atoms with E-state index in [0.29, 0.717) is 16.4 Å². The number of thioether (sulfide) groups is 1. The topological polar surface area (TPSA) is 52.2 Å². The molecule has 0 saturated heterocycles. The van der Waals surface area contributed by atoms with E-state index in [0.717, 1.165) is 17.4 Å². The predicted octanol–water partition coefficient (Wildman–Crippen LogP) is 3.89. The van der Waals surface area contributed by atoms with E-state index in [1.807, 2.05) is 24.4 Å². The summed E-state index contributed by atoms with van der Waals surface area (Å²) in [5.41, 5.74) is 2.38. The normalized spacial score (nSPS) is 11.1. The fourth-order valence-electron chi connectivity index (χ4n) is 2.67. The summed E-state index contributed by atoms with van der Waals surface area (Å²) in [5, 5.41) is 1.40. The molecule has 0 bridgehead atoms. The average Bonchev–Trinajstić information content (AvgIpc) is 3.08. The van der Waals surface area contributed by atoms with Gasteiger partial charge in [-0.3, -0.25) is 9.20 Å². The summed E-state index contributed by atoms with van der Waals surface area (Å²) in [6.07, 6.45) is 5.33. The highest BCUT2D eigenvalue weighted by atomic mass is 35.5. The lowest BCUT2D eigenvalue weighted by atomic mass is 10.2. The van der Waals surface area contributed by atoms with Gasteiger partial charge in [-0.05, 0) is 17.7 Å². The SMILES string of the molecule is O=c1cc(CSc2nccn2Cc2ccccc2)nc2ccc(Cl)cn12. The largest absolute Gasteiger partial charge is 0.322 e. The van der Waals surface area contributed by atoms with E-state index in [9.17, 15) is 4.79 Å². The van der Waals surface area contributed by atoms with Crippen LogP contribution in [-0.2, 0) is 12.3 Å². The second-order valence-corrected chi connectivity index (χ2v) is 7.15. The highest BCUT2D eigenvalue weighted by Crippen LogP contribution is 2.21. The molecule has 130 valence electrons. The first kappa shape index (κ1) is 16.9. The van der Waals surface area contributed by atoms with Crippen molar-refractivity contribution in [1.82, 2.24) is 18.9 Å². The predicted molar refractivity (Wildman–Crippen MR) is 104 cm³/mol. The summed E-state index contributed by atoms with van der Waals surface area (Å²) < 4.78 is 3.54. The number of nitrogens with zero attached hydrogens (tertiary/aromatic N) is 4. The Morgan fingerprint density at radius 3 is 2.81 bits per heavy atom. The maximum Gasteiger partial charge on any atom is 0.258 e. The second kappa shape index (κ2) is 7.35. The zero-order chi connectivity index (χ0) is 17.9. The molecule has 0 aliphatic rings. The third-order valence-corrected chi connectivity index (χ3v) is 5.16. The van der Waals surface area contributed by atoms with Gasteiger partial charge >= 0.3 is 0 Å². The van der Waals surface area contributed by atoms with Gasteiger partial charge in [0.15, 0.2) is 5.16 Å². The van der Waals surface area contributed by atoms with Crippen molar-refractivity contribution in [2.75, 3.05) is 0 Å². The van der Waals surface area contributed by atoms with Crippen LogP contribution in [0.2, 0.25) is 5.02 Å². The summed E-state index contributed by atoms with van der Waals surface area (Å²) in [6.45, 7) is 0.759. The molecule has 0 aliphatic carbocycles. The van der Waals surface area contributed by atoms with Gasteiger partial charge in [0.1, 0.15) is 5.65 Å². The molecule has 0 spiro atoms. The lowest BCUT2D eigenvalue weighted by molar-refractivity contribution is 0.708. The standard InChI is InChI=1S/C19H15ClN4OS/c20-15-6-7-17-22-16(10-18(25)24(17)12-15)13-26-19-21-8-9-23(19)11-14-4-2-1-3-5-14/h1-10,12H,11,13H2. The van der Waals surface area contributed by atoms with Crippen LogP contribution in [0, 0.1) is 0 Å². The minimum Gasteiger partial charge on any atom is -0.322 e. The first-order valence-electron chi connectivity index (χ1n) is 8.05. The molecule has 3 aromatic heterocycles. The Kier molecular flexibility index (Phi) is 4.77. The Labute approximate surface area is 159 Å². The quantitative estimate of drug-likeness (QED) is 0.491. The molecule has 0 amide bonds. The van der Waals surface area contributed by atoms with Gasteiger partial charge in [0.05, 0.1) is 10.7 Å². The lowest BCUT2D eigenvalue weighted by Crippen LogP contribution is -2.15. The summed E-state index contributed by atoms with van der Waals surface area (Å²) in [5.74, 6) is 0.570. The molecule has 0 N–H and O–H groups in total. The van der Waals surface area contributed by atoms with Gasteiger partial charge in [0.2, 0.25) is 0 Å². The van der Waals surface area contributed by atoms with Crippen molar-refractivity contribution in [1.29, 1.82) is 0 Å². The third-order valence-electron chi connectivity index (χ3n) is 3.90. The number of benzene rings is 1.